The van der Waals surface area contributed by atoms with Crippen LogP contribution in [0.25, 0.3) is 0 Å². The number of ether oxygens (including phenoxy) is 3. The summed E-state index contributed by atoms with van der Waals surface area (Å²) in [5.41, 5.74) is 0.820. The van der Waals surface area contributed by atoms with Crippen molar-refractivity contribution in [2.75, 3.05) is 31.5 Å². The predicted octanol–water partition coefficient (Wildman–Crippen LogP) is 3.37. The molecule has 0 spiro atoms. The first-order valence-electron chi connectivity index (χ1n) is 10.0. The molecule has 1 heterocycles. The Morgan fingerprint density at radius 2 is 1.37 bits per heavy atom. The Bertz CT molecular complexity index is 1220. The van der Waals surface area contributed by atoms with Crippen LogP contribution < -0.4 is 10.6 Å². The first kappa shape index (κ1) is 25.1. The highest BCUT2D eigenvalue weighted by Gasteiger charge is 2.16. The summed E-state index contributed by atoms with van der Waals surface area (Å²) in [6.45, 7) is -0.619. The number of amides is 2. The van der Waals surface area contributed by atoms with Crippen molar-refractivity contribution in [1.29, 1.82) is 0 Å². The summed E-state index contributed by atoms with van der Waals surface area (Å²) in [5, 5.41) is 6.95. The molecule has 2 amide bonds. The van der Waals surface area contributed by atoms with Crippen LogP contribution in [0.1, 0.15) is 40.7 Å². The molecule has 10 nitrogen and oxygen atoms in total. The number of hydrogen-bond donors (Lipinski definition) is 2. The Kier molecular flexibility index (Phi) is 8.30. The fourth-order valence-corrected chi connectivity index (χ4v) is 3.49. The molecular formula is C24H20N2O8S. The average Bonchev–Trinajstić information content (AvgIpc) is 3.42. The van der Waals surface area contributed by atoms with Crippen LogP contribution >= 0.6 is 11.3 Å². The van der Waals surface area contributed by atoms with Crippen LogP contribution in [0.4, 0.5) is 11.4 Å². The summed E-state index contributed by atoms with van der Waals surface area (Å²) < 4.78 is 14.3. The zero-order chi connectivity index (χ0) is 25.4. The molecule has 0 atom stereocenters. The quantitative estimate of drug-likeness (QED) is 0.358. The normalized spacial score (nSPS) is 10.1. The molecule has 0 saturated heterocycles. The van der Waals surface area contributed by atoms with E-state index in [0.717, 1.165) is 0 Å². The van der Waals surface area contributed by atoms with Gasteiger partial charge in [-0.15, -0.1) is 11.3 Å². The van der Waals surface area contributed by atoms with Crippen molar-refractivity contribution in [3.8, 4) is 0 Å². The fourth-order valence-electron chi connectivity index (χ4n) is 2.87. The van der Waals surface area contributed by atoms with Crippen molar-refractivity contribution in [3.63, 3.8) is 0 Å². The molecule has 2 aromatic carbocycles. The fraction of sp³-hybridized carbons (Fsp3) is 0.125. The average molecular weight is 496 g/mol. The summed E-state index contributed by atoms with van der Waals surface area (Å²) in [6, 6.07) is 13.3. The number of benzene rings is 2. The maximum atomic E-state index is 12.3. The zero-order valence-electron chi connectivity index (χ0n) is 18.7. The molecule has 11 heteroatoms. The molecule has 180 valence electrons. The number of methoxy groups -OCH3 is 2. The smallest absolute Gasteiger partial charge is 0.338 e. The molecular weight excluding hydrogens is 476 g/mol. The van der Waals surface area contributed by atoms with Gasteiger partial charge >= 0.3 is 17.9 Å². The Labute approximate surface area is 203 Å². The largest absolute Gasteiger partial charge is 0.465 e. The van der Waals surface area contributed by atoms with Crippen LogP contribution in [0.2, 0.25) is 0 Å². The van der Waals surface area contributed by atoms with Gasteiger partial charge in [0.15, 0.2) is 6.61 Å². The van der Waals surface area contributed by atoms with Crippen molar-refractivity contribution in [1.82, 2.24) is 0 Å². The van der Waals surface area contributed by atoms with E-state index in [-0.39, 0.29) is 28.3 Å². The second-order valence-corrected chi connectivity index (χ2v) is 7.86. The van der Waals surface area contributed by atoms with Gasteiger partial charge in [-0.25, -0.2) is 14.4 Å². The monoisotopic (exact) mass is 496 g/mol. The van der Waals surface area contributed by atoms with Crippen molar-refractivity contribution >= 4 is 52.4 Å². The van der Waals surface area contributed by atoms with Gasteiger partial charge in [0.1, 0.15) is 0 Å². The van der Waals surface area contributed by atoms with Crippen LogP contribution in [0.3, 0.4) is 0 Å². The van der Waals surface area contributed by atoms with Gasteiger partial charge in [-0.2, -0.15) is 0 Å². The van der Waals surface area contributed by atoms with E-state index >= 15 is 0 Å². The van der Waals surface area contributed by atoms with E-state index in [0.29, 0.717) is 10.6 Å². The summed E-state index contributed by atoms with van der Waals surface area (Å²) in [5.74, 6) is -3.15. The highest BCUT2D eigenvalue weighted by Crippen LogP contribution is 2.18. The third-order valence-electron chi connectivity index (χ3n) is 4.52. The third-order valence-corrected chi connectivity index (χ3v) is 5.39. The number of carbonyl (C=O) groups is 5. The van der Waals surface area contributed by atoms with Crippen LogP contribution in [0.15, 0.2) is 60.0 Å². The van der Waals surface area contributed by atoms with Gasteiger partial charge in [-0.05, 0) is 53.9 Å². The van der Waals surface area contributed by atoms with Gasteiger partial charge in [0.25, 0.3) is 11.8 Å². The van der Waals surface area contributed by atoms with E-state index in [1.165, 1.54) is 68.0 Å². The Hall–Kier alpha value is -4.51. The Morgan fingerprint density at radius 3 is 1.91 bits per heavy atom. The zero-order valence-corrected chi connectivity index (χ0v) is 19.5. The van der Waals surface area contributed by atoms with Crippen LogP contribution in [-0.2, 0) is 19.0 Å². The van der Waals surface area contributed by atoms with E-state index in [4.69, 9.17) is 4.74 Å². The molecule has 0 aliphatic heterocycles. The first-order valence-corrected chi connectivity index (χ1v) is 10.9. The number of nitrogens with one attached hydrogen (secondary N) is 2. The molecule has 35 heavy (non-hydrogen) atoms. The second kappa shape index (κ2) is 11.6. The van der Waals surface area contributed by atoms with E-state index in [1.807, 2.05) is 0 Å². The van der Waals surface area contributed by atoms with Crippen molar-refractivity contribution < 1.29 is 38.2 Å². The molecule has 2 N–H and O–H groups in total. The molecule has 0 aliphatic carbocycles. The number of carbonyl (C=O) groups excluding carboxylic acids is 5. The number of thiophene rings is 1. The van der Waals surface area contributed by atoms with E-state index in [9.17, 15) is 24.0 Å². The molecule has 0 unspecified atom stereocenters. The number of hydrogen-bond acceptors (Lipinski definition) is 9. The lowest BCUT2D eigenvalue weighted by Crippen LogP contribution is -2.21. The number of esters is 3. The van der Waals surface area contributed by atoms with E-state index in [2.05, 4.69) is 20.1 Å². The highest BCUT2D eigenvalue weighted by molar-refractivity contribution is 7.12. The van der Waals surface area contributed by atoms with Gasteiger partial charge in [0, 0.05) is 11.4 Å². The SMILES string of the molecule is COC(=O)c1cc(NC(=O)COC(=O)c2ccc(NC(=O)c3cccs3)cc2)cc(C(=O)OC)c1. The lowest BCUT2D eigenvalue weighted by Gasteiger charge is -2.10. The predicted molar refractivity (Wildman–Crippen MR) is 127 cm³/mol. The van der Waals surface area contributed by atoms with Gasteiger partial charge in [-0.3, -0.25) is 9.59 Å². The molecule has 1 aromatic heterocycles. The van der Waals surface area contributed by atoms with Crippen molar-refractivity contribution in [2.45, 2.75) is 0 Å². The summed E-state index contributed by atoms with van der Waals surface area (Å²) in [4.78, 5) is 60.9. The van der Waals surface area contributed by atoms with Gasteiger partial charge in [0.05, 0.1) is 35.8 Å². The lowest BCUT2D eigenvalue weighted by molar-refractivity contribution is -0.119. The summed E-state index contributed by atoms with van der Waals surface area (Å²) >= 11 is 1.30. The van der Waals surface area contributed by atoms with Crippen LogP contribution in [0.5, 0.6) is 0 Å². The third kappa shape index (κ3) is 6.74. The van der Waals surface area contributed by atoms with E-state index < -0.39 is 30.4 Å². The molecule has 3 rings (SSSR count). The molecule has 3 aromatic rings. The first-order chi connectivity index (χ1) is 16.8. The summed E-state index contributed by atoms with van der Waals surface area (Å²) in [7, 11) is 2.35. The Morgan fingerprint density at radius 1 is 0.743 bits per heavy atom. The summed E-state index contributed by atoms with van der Waals surface area (Å²) in [6.07, 6.45) is 0. The minimum absolute atomic E-state index is 0.0222. The molecule has 0 fully saturated rings. The minimum atomic E-state index is -0.755. The van der Waals surface area contributed by atoms with Gasteiger partial charge in [0.2, 0.25) is 0 Å². The van der Waals surface area contributed by atoms with Gasteiger partial charge < -0.3 is 24.8 Å². The van der Waals surface area contributed by atoms with Crippen molar-refractivity contribution in [3.05, 3.63) is 81.5 Å². The molecule has 0 saturated carbocycles. The van der Waals surface area contributed by atoms with Crippen molar-refractivity contribution in [2.24, 2.45) is 0 Å². The maximum Gasteiger partial charge on any atom is 0.338 e. The topological polar surface area (TPSA) is 137 Å². The highest BCUT2D eigenvalue weighted by atomic mass is 32.1. The van der Waals surface area contributed by atoms with Crippen LogP contribution in [-0.4, -0.2) is 50.5 Å². The standard InChI is InChI=1S/C24H20N2O8S/c1-32-22(29)15-10-16(23(30)33-2)12-18(11-15)25-20(27)13-34-24(31)14-5-7-17(8-6-14)26-21(28)19-4-3-9-35-19/h3-12H,13H2,1-2H3,(H,25,27)(H,26,28). The second-order valence-electron chi connectivity index (χ2n) is 6.92. The van der Waals surface area contributed by atoms with Crippen LogP contribution in [0, 0.1) is 0 Å². The molecule has 0 aliphatic rings. The molecule has 0 radical (unpaired) electrons. The van der Waals surface area contributed by atoms with Gasteiger partial charge in [-0.1, -0.05) is 6.07 Å². The minimum Gasteiger partial charge on any atom is -0.465 e. The maximum absolute atomic E-state index is 12.3. The number of rotatable bonds is 8. The number of anilines is 2. The van der Waals surface area contributed by atoms with E-state index in [1.54, 1.807) is 17.5 Å². The Balaban J connectivity index is 1.58. The molecule has 0 bridgehead atoms. The lowest BCUT2D eigenvalue weighted by atomic mass is 10.1.